The van der Waals surface area contributed by atoms with Gasteiger partial charge in [-0.3, -0.25) is 9.48 Å². The summed E-state index contributed by atoms with van der Waals surface area (Å²) in [6.45, 7) is 1.83. The van der Waals surface area contributed by atoms with E-state index in [2.05, 4.69) is 5.10 Å². The zero-order valence-electron chi connectivity index (χ0n) is 8.02. The number of nitrogens with zero attached hydrogens (tertiary/aromatic N) is 2. The van der Waals surface area contributed by atoms with E-state index in [1.807, 2.05) is 6.92 Å². The first-order valence-electron chi connectivity index (χ1n) is 4.27. The molecule has 4 heteroatoms. The predicted molar refractivity (Wildman–Crippen MR) is 50.1 cm³/mol. The van der Waals surface area contributed by atoms with Crippen LogP contribution in [-0.2, 0) is 7.05 Å². The summed E-state index contributed by atoms with van der Waals surface area (Å²) < 4.78 is 6.68. The molecule has 0 aliphatic rings. The zero-order valence-corrected chi connectivity index (χ0v) is 8.02. The van der Waals surface area contributed by atoms with E-state index >= 15 is 0 Å². The molecule has 0 aliphatic heterocycles. The fourth-order valence-electron chi connectivity index (χ4n) is 1.26. The number of hydrogen-bond acceptors (Lipinski definition) is 3. The largest absolute Gasteiger partial charge is 0.461 e. The van der Waals surface area contributed by atoms with Gasteiger partial charge in [-0.1, -0.05) is 0 Å². The molecular formula is C10H10N2O2. The Morgan fingerprint density at radius 3 is 2.79 bits per heavy atom. The molecule has 0 saturated carbocycles. The van der Waals surface area contributed by atoms with Gasteiger partial charge in [-0.25, -0.2) is 0 Å². The Hall–Kier alpha value is -1.84. The van der Waals surface area contributed by atoms with Crippen LogP contribution in [0.3, 0.4) is 0 Å². The Bertz CT molecular complexity index is 468. The molecule has 2 aromatic rings. The number of ketones is 1. The Labute approximate surface area is 81.1 Å². The van der Waals surface area contributed by atoms with Gasteiger partial charge in [0.15, 0.2) is 5.76 Å². The third-order valence-electron chi connectivity index (χ3n) is 2.01. The number of hydrogen-bond donors (Lipinski definition) is 0. The number of aryl methyl sites for hydroxylation is 2. The summed E-state index contributed by atoms with van der Waals surface area (Å²) in [5, 5.41) is 4.01. The second kappa shape index (κ2) is 3.14. The Kier molecular flexibility index (Phi) is 1.96. The summed E-state index contributed by atoms with van der Waals surface area (Å²) in [6, 6.07) is 3.43. The molecule has 4 nitrogen and oxygen atoms in total. The van der Waals surface area contributed by atoms with Crippen molar-refractivity contribution >= 4 is 5.78 Å². The second-order valence-corrected chi connectivity index (χ2v) is 3.14. The lowest BCUT2D eigenvalue weighted by molar-refractivity contribution is 0.100. The van der Waals surface area contributed by atoms with Gasteiger partial charge in [0, 0.05) is 13.2 Å². The van der Waals surface area contributed by atoms with Crippen LogP contribution in [-0.4, -0.2) is 15.6 Å². The number of carbonyl (C=O) groups excluding carboxylic acids is 1. The van der Waals surface area contributed by atoms with Crippen LogP contribution >= 0.6 is 0 Å². The smallest absolute Gasteiger partial charge is 0.248 e. The summed E-state index contributed by atoms with van der Waals surface area (Å²) in [6.07, 6.45) is 3.23. The average Bonchev–Trinajstić information content (AvgIpc) is 2.73. The van der Waals surface area contributed by atoms with Crippen molar-refractivity contribution in [3.8, 4) is 0 Å². The van der Waals surface area contributed by atoms with Crippen molar-refractivity contribution in [3.05, 3.63) is 41.6 Å². The quantitative estimate of drug-likeness (QED) is 0.675. The lowest BCUT2D eigenvalue weighted by Gasteiger charge is -1.93. The Morgan fingerprint density at radius 2 is 2.29 bits per heavy atom. The van der Waals surface area contributed by atoms with Gasteiger partial charge >= 0.3 is 0 Å². The first-order valence-corrected chi connectivity index (χ1v) is 4.27. The molecule has 2 rings (SSSR count). The molecule has 72 valence electrons. The van der Waals surface area contributed by atoms with Gasteiger partial charge in [-0.2, -0.15) is 5.10 Å². The maximum absolute atomic E-state index is 11.8. The maximum Gasteiger partial charge on any atom is 0.248 e. The average molecular weight is 190 g/mol. The van der Waals surface area contributed by atoms with Gasteiger partial charge in [0.2, 0.25) is 5.78 Å². The normalized spacial score (nSPS) is 10.4. The van der Waals surface area contributed by atoms with Gasteiger partial charge in [0.05, 0.1) is 6.26 Å². The molecule has 0 radical (unpaired) electrons. The summed E-state index contributed by atoms with van der Waals surface area (Å²) in [7, 11) is 1.77. The summed E-state index contributed by atoms with van der Waals surface area (Å²) in [5.74, 6) is 0.191. The van der Waals surface area contributed by atoms with Crippen molar-refractivity contribution in [2.45, 2.75) is 6.92 Å². The third-order valence-corrected chi connectivity index (χ3v) is 2.01. The topological polar surface area (TPSA) is 48.0 Å². The van der Waals surface area contributed by atoms with Crippen molar-refractivity contribution in [1.82, 2.24) is 9.78 Å². The highest BCUT2D eigenvalue weighted by Crippen LogP contribution is 2.13. The van der Waals surface area contributed by atoms with E-state index < -0.39 is 0 Å². The summed E-state index contributed by atoms with van der Waals surface area (Å²) in [5.41, 5.74) is 1.24. The molecular weight excluding hydrogens is 180 g/mol. The van der Waals surface area contributed by atoms with Crippen LogP contribution < -0.4 is 0 Å². The number of furan rings is 1. The molecule has 0 N–H and O–H groups in total. The molecule has 0 aliphatic carbocycles. The van der Waals surface area contributed by atoms with Crippen molar-refractivity contribution in [1.29, 1.82) is 0 Å². The molecule has 0 atom stereocenters. The molecule has 2 heterocycles. The highest BCUT2D eigenvalue weighted by atomic mass is 16.3. The lowest BCUT2D eigenvalue weighted by Crippen LogP contribution is -2.03. The summed E-state index contributed by atoms with van der Waals surface area (Å²) >= 11 is 0. The molecule has 0 aromatic carbocycles. The standard InChI is InChI=1S/C10H10N2O2/c1-7-4-6-14-10(7)9(13)8-3-5-12(2)11-8/h3-6H,1-2H3. The van der Waals surface area contributed by atoms with Crippen LogP contribution in [0.5, 0.6) is 0 Å². The van der Waals surface area contributed by atoms with E-state index in [9.17, 15) is 4.79 Å². The third kappa shape index (κ3) is 1.35. The fraction of sp³-hybridized carbons (Fsp3) is 0.200. The first kappa shape index (κ1) is 8.74. The molecule has 0 amide bonds. The van der Waals surface area contributed by atoms with Crippen LogP contribution in [0.1, 0.15) is 21.8 Å². The molecule has 2 aromatic heterocycles. The van der Waals surface area contributed by atoms with Crippen LogP contribution in [0, 0.1) is 6.92 Å². The molecule has 0 spiro atoms. The van der Waals surface area contributed by atoms with E-state index in [4.69, 9.17) is 4.42 Å². The zero-order chi connectivity index (χ0) is 10.1. The molecule has 14 heavy (non-hydrogen) atoms. The van der Waals surface area contributed by atoms with Crippen molar-refractivity contribution in [3.63, 3.8) is 0 Å². The maximum atomic E-state index is 11.8. The number of aromatic nitrogens is 2. The van der Waals surface area contributed by atoms with E-state index in [1.165, 1.54) is 6.26 Å². The highest BCUT2D eigenvalue weighted by molar-refractivity contribution is 6.06. The van der Waals surface area contributed by atoms with Crippen LogP contribution in [0.2, 0.25) is 0 Å². The number of rotatable bonds is 2. The summed E-state index contributed by atoms with van der Waals surface area (Å²) in [4.78, 5) is 11.8. The molecule has 0 fully saturated rings. The highest BCUT2D eigenvalue weighted by Gasteiger charge is 2.16. The van der Waals surface area contributed by atoms with Gasteiger partial charge in [0.1, 0.15) is 5.69 Å². The van der Waals surface area contributed by atoms with Crippen LogP contribution in [0.15, 0.2) is 29.0 Å². The van der Waals surface area contributed by atoms with Crippen LogP contribution in [0.25, 0.3) is 0 Å². The van der Waals surface area contributed by atoms with Crippen LogP contribution in [0.4, 0.5) is 0 Å². The van der Waals surface area contributed by atoms with Crippen molar-refractivity contribution < 1.29 is 9.21 Å². The SMILES string of the molecule is Cc1ccoc1C(=O)c1ccn(C)n1. The van der Waals surface area contributed by atoms with Crippen molar-refractivity contribution in [2.75, 3.05) is 0 Å². The van der Waals surface area contributed by atoms with Gasteiger partial charge < -0.3 is 4.42 Å². The van der Waals surface area contributed by atoms with E-state index in [0.717, 1.165) is 5.56 Å². The minimum absolute atomic E-state index is 0.173. The van der Waals surface area contributed by atoms with E-state index in [-0.39, 0.29) is 5.78 Å². The van der Waals surface area contributed by atoms with E-state index in [0.29, 0.717) is 11.5 Å². The van der Waals surface area contributed by atoms with Gasteiger partial charge in [0.25, 0.3) is 0 Å². The minimum Gasteiger partial charge on any atom is -0.461 e. The number of carbonyl (C=O) groups is 1. The second-order valence-electron chi connectivity index (χ2n) is 3.14. The Balaban J connectivity index is 2.38. The van der Waals surface area contributed by atoms with Gasteiger partial charge in [-0.05, 0) is 24.6 Å². The fourth-order valence-corrected chi connectivity index (χ4v) is 1.26. The molecule has 0 bridgehead atoms. The van der Waals surface area contributed by atoms with E-state index in [1.54, 1.807) is 30.1 Å². The monoisotopic (exact) mass is 190 g/mol. The Morgan fingerprint density at radius 1 is 1.50 bits per heavy atom. The van der Waals surface area contributed by atoms with Crippen molar-refractivity contribution in [2.24, 2.45) is 7.05 Å². The van der Waals surface area contributed by atoms with Gasteiger partial charge in [-0.15, -0.1) is 0 Å². The molecule has 0 unspecified atom stereocenters. The first-order chi connectivity index (χ1) is 6.68. The molecule has 0 saturated heterocycles. The predicted octanol–water partition coefficient (Wildman–Crippen LogP) is 1.55. The minimum atomic E-state index is -0.173. The lowest BCUT2D eigenvalue weighted by atomic mass is 10.2.